The molecule has 0 radical (unpaired) electrons. The first-order chi connectivity index (χ1) is 21.0. The Bertz CT molecular complexity index is 1470. The minimum atomic E-state index is -0.715. The van der Waals surface area contributed by atoms with Crippen molar-refractivity contribution in [2.24, 2.45) is 11.1 Å². The fourth-order valence-electron chi connectivity index (χ4n) is 5.08. The summed E-state index contributed by atoms with van der Waals surface area (Å²) in [5.41, 5.74) is 1.94. The van der Waals surface area contributed by atoms with Crippen LogP contribution in [-0.2, 0) is 32.1 Å². The van der Waals surface area contributed by atoms with E-state index in [1.807, 2.05) is 61.5 Å². The first-order valence-corrected chi connectivity index (χ1v) is 14.6. The zero-order chi connectivity index (χ0) is 31.9. The zero-order valence-electron chi connectivity index (χ0n) is 26.1. The summed E-state index contributed by atoms with van der Waals surface area (Å²) in [4.78, 5) is 52.1. The molecule has 0 N–H and O–H groups in total. The molecule has 4 rings (SSSR count). The maximum atomic E-state index is 13.4. The van der Waals surface area contributed by atoms with E-state index >= 15 is 0 Å². The minimum Gasteiger partial charge on any atom is -0.497 e. The van der Waals surface area contributed by atoms with Gasteiger partial charge in [-0.1, -0.05) is 54.5 Å². The summed E-state index contributed by atoms with van der Waals surface area (Å²) in [7, 11) is 3.01. The summed E-state index contributed by atoms with van der Waals surface area (Å²) in [5.74, 6) is -0.0355. The molecule has 0 aliphatic carbocycles. The number of aromatic nitrogens is 1. The molecule has 10 heteroatoms. The van der Waals surface area contributed by atoms with E-state index < -0.39 is 23.7 Å². The van der Waals surface area contributed by atoms with Gasteiger partial charge in [-0.2, -0.15) is 0 Å². The fraction of sp³-hybridized carbons (Fsp3) is 0.382. The second-order valence-electron chi connectivity index (χ2n) is 11.8. The SMILES string of the molecule is CON=C[C@@H]1[C@@H](Cc2ccnc(N(Cc3ccc(OC)cc3)C(=O)OC(C)(C)C)c2)C(=O)N1C(=O)C[C@H](C)c1ccccc1. The van der Waals surface area contributed by atoms with Gasteiger partial charge >= 0.3 is 6.09 Å². The van der Waals surface area contributed by atoms with Crippen molar-refractivity contribution < 1.29 is 28.7 Å². The van der Waals surface area contributed by atoms with Crippen LogP contribution in [0.4, 0.5) is 10.6 Å². The molecule has 0 spiro atoms. The molecule has 2 heterocycles. The Morgan fingerprint density at radius 2 is 1.75 bits per heavy atom. The van der Waals surface area contributed by atoms with Crippen LogP contribution in [0.3, 0.4) is 0 Å². The number of rotatable bonds is 11. The highest BCUT2D eigenvalue weighted by Crippen LogP contribution is 2.33. The molecule has 0 bridgehead atoms. The molecule has 0 unspecified atom stereocenters. The van der Waals surface area contributed by atoms with Crippen molar-refractivity contribution in [1.29, 1.82) is 0 Å². The van der Waals surface area contributed by atoms with E-state index in [9.17, 15) is 14.4 Å². The summed E-state index contributed by atoms with van der Waals surface area (Å²) in [6, 6.07) is 20.1. The van der Waals surface area contributed by atoms with Crippen LogP contribution in [0, 0.1) is 5.92 Å². The van der Waals surface area contributed by atoms with Crippen molar-refractivity contribution in [3.8, 4) is 5.75 Å². The third-order valence-electron chi connectivity index (χ3n) is 7.36. The molecular formula is C34H40N4O6. The fourth-order valence-corrected chi connectivity index (χ4v) is 5.08. The number of β-lactam (4-membered cyclic amide) rings is 1. The lowest BCUT2D eigenvalue weighted by molar-refractivity contribution is -0.162. The smallest absolute Gasteiger partial charge is 0.416 e. The van der Waals surface area contributed by atoms with Gasteiger partial charge in [0.1, 0.15) is 24.3 Å². The number of methoxy groups -OCH3 is 1. The molecule has 3 atom stereocenters. The van der Waals surface area contributed by atoms with Gasteiger partial charge in [-0.25, -0.2) is 9.78 Å². The molecular weight excluding hydrogens is 560 g/mol. The summed E-state index contributed by atoms with van der Waals surface area (Å²) >= 11 is 0. The summed E-state index contributed by atoms with van der Waals surface area (Å²) < 4.78 is 11.0. The molecule has 1 aliphatic heterocycles. The first-order valence-electron chi connectivity index (χ1n) is 14.6. The van der Waals surface area contributed by atoms with Crippen LogP contribution in [0.15, 0.2) is 78.1 Å². The highest BCUT2D eigenvalue weighted by Gasteiger charge is 2.49. The van der Waals surface area contributed by atoms with Gasteiger partial charge in [-0.05, 0) is 74.1 Å². The Balaban J connectivity index is 1.54. The zero-order valence-corrected chi connectivity index (χ0v) is 26.1. The lowest BCUT2D eigenvalue weighted by Crippen LogP contribution is -2.64. The summed E-state index contributed by atoms with van der Waals surface area (Å²) in [6.45, 7) is 7.59. The van der Waals surface area contributed by atoms with Crippen LogP contribution in [0.1, 0.15) is 56.7 Å². The van der Waals surface area contributed by atoms with Gasteiger partial charge in [0.25, 0.3) is 0 Å². The highest BCUT2D eigenvalue weighted by molar-refractivity contribution is 6.06. The topological polar surface area (TPSA) is 111 Å². The molecule has 1 fully saturated rings. The van der Waals surface area contributed by atoms with E-state index in [1.54, 1.807) is 46.2 Å². The number of hydrogen-bond donors (Lipinski definition) is 0. The number of oxime groups is 1. The largest absolute Gasteiger partial charge is 0.497 e. The molecule has 44 heavy (non-hydrogen) atoms. The molecule has 10 nitrogen and oxygen atoms in total. The Morgan fingerprint density at radius 3 is 2.39 bits per heavy atom. The number of carbonyl (C=O) groups excluding carboxylic acids is 3. The van der Waals surface area contributed by atoms with E-state index in [4.69, 9.17) is 14.3 Å². The molecule has 3 aromatic rings. The van der Waals surface area contributed by atoms with Crippen molar-refractivity contribution in [2.75, 3.05) is 19.1 Å². The van der Waals surface area contributed by atoms with Crippen molar-refractivity contribution in [2.45, 2.75) is 64.6 Å². The second-order valence-corrected chi connectivity index (χ2v) is 11.8. The van der Waals surface area contributed by atoms with E-state index in [0.29, 0.717) is 18.0 Å². The number of hydrogen-bond acceptors (Lipinski definition) is 8. The number of nitrogens with zero attached hydrogens (tertiary/aromatic N) is 4. The Hall–Kier alpha value is -4.73. The van der Waals surface area contributed by atoms with Gasteiger partial charge in [0, 0.05) is 12.6 Å². The van der Waals surface area contributed by atoms with Crippen LogP contribution in [0.2, 0.25) is 0 Å². The van der Waals surface area contributed by atoms with Crippen LogP contribution in [-0.4, -0.2) is 59.9 Å². The predicted molar refractivity (Wildman–Crippen MR) is 167 cm³/mol. The van der Waals surface area contributed by atoms with E-state index in [-0.39, 0.29) is 30.7 Å². The average molecular weight is 601 g/mol. The minimum absolute atomic E-state index is 0.0529. The van der Waals surface area contributed by atoms with Gasteiger partial charge in [0.15, 0.2) is 0 Å². The van der Waals surface area contributed by atoms with Crippen molar-refractivity contribution in [3.63, 3.8) is 0 Å². The number of anilines is 1. The maximum absolute atomic E-state index is 13.4. The first kappa shape index (κ1) is 32.2. The number of amides is 3. The number of benzene rings is 2. The van der Waals surface area contributed by atoms with Crippen molar-refractivity contribution >= 4 is 29.9 Å². The predicted octanol–water partition coefficient (Wildman–Crippen LogP) is 5.75. The van der Waals surface area contributed by atoms with Gasteiger partial charge in [-0.3, -0.25) is 19.4 Å². The number of likely N-dealkylation sites (tertiary alicyclic amines) is 1. The number of ether oxygens (including phenoxy) is 2. The molecule has 232 valence electrons. The molecule has 0 saturated carbocycles. The third kappa shape index (κ3) is 8.00. The summed E-state index contributed by atoms with van der Waals surface area (Å²) in [6.07, 6.45) is 3.05. The van der Waals surface area contributed by atoms with Gasteiger partial charge < -0.3 is 14.3 Å². The van der Waals surface area contributed by atoms with Crippen LogP contribution < -0.4 is 9.64 Å². The lowest BCUT2D eigenvalue weighted by atomic mass is 9.82. The Morgan fingerprint density at radius 1 is 1.05 bits per heavy atom. The quantitative estimate of drug-likeness (QED) is 0.156. The highest BCUT2D eigenvalue weighted by atomic mass is 16.6. The van der Waals surface area contributed by atoms with Crippen molar-refractivity contribution in [3.05, 3.63) is 89.6 Å². The van der Waals surface area contributed by atoms with Crippen LogP contribution in [0.25, 0.3) is 0 Å². The molecule has 2 aromatic carbocycles. The summed E-state index contributed by atoms with van der Waals surface area (Å²) in [5, 5.41) is 3.89. The van der Waals surface area contributed by atoms with Gasteiger partial charge in [0.2, 0.25) is 11.8 Å². The standard InChI is InChI=1S/C34H40N4O6/c1-23(26-10-8-7-9-11-26)18-31(39)38-29(21-36-43-6)28(32(38)40)19-25-16-17-35-30(20-25)37(33(41)44-34(2,3)4)22-24-12-14-27(42-5)15-13-24/h7-17,20-21,23,28-29H,18-19,22H2,1-6H3/t23-,28+,29+/m0/s1. The van der Waals surface area contributed by atoms with Crippen LogP contribution >= 0.6 is 0 Å². The monoisotopic (exact) mass is 600 g/mol. The van der Waals surface area contributed by atoms with Gasteiger partial charge in [0.05, 0.1) is 31.8 Å². The number of imide groups is 1. The normalized spacial score (nSPS) is 17.1. The maximum Gasteiger partial charge on any atom is 0.416 e. The van der Waals surface area contributed by atoms with Crippen molar-refractivity contribution in [1.82, 2.24) is 9.88 Å². The third-order valence-corrected chi connectivity index (χ3v) is 7.36. The molecule has 1 aliphatic rings. The number of pyridine rings is 1. The molecule has 1 saturated heterocycles. The van der Waals surface area contributed by atoms with E-state index in [2.05, 4.69) is 10.1 Å². The molecule has 1 aromatic heterocycles. The Kier molecular flexibility index (Phi) is 10.4. The van der Waals surface area contributed by atoms with E-state index in [0.717, 1.165) is 16.7 Å². The van der Waals surface area contributed by atoms with Gasteiger partial charge in [-0.15, -0.1) is 0 Å². The van der Waals surface area contributed by atoms with Crippen LogP contribution in [0.5, 0.6) is 5.75 Å². The number of carbonyl (C=O) groups is 3. The van der Waals surface area contributed by atoms with E-state index in [1.165, 1.54) is 23.1 Å². The molecule has 3 amide bonds. The average Bonchev–Trinajstić information content (AvgIpc) is 3.00. The lowest BCUT2D eigenvalue weighted by Gasteiger charge is -2.44. The Labute approximate surface area is 258 Å². The second kappa shape index (κ2) is 14.2.